The van der Waals surface area contributed by atoms with Gasteiger partial charge in [-0.05, 0) is 18.2 Å². The third kappa shape index (κ3) is 4.33. The molecule has 0 unspecified atom stereocenters. The number of nitrogens with zero attached hydrogens (tertiary/aromatic N) is 1. The highest BCUT2D eigenvalue weighted by molar-refractivity contribution is 9.10. The topological polar surface area (TPSA) is 29.5 Å². The molecular formula is C12H14Br2FNO2. The lowest BCUT2D eigenvalue weighted by Gasteiger charge is -2.21. The van der Waals surface area contributed by atoms with E-state index in [1.54, 1.807) is 18.1 Å². The smallest absolute Gasteiger partial charge is 0.256 e. The monoisotopic (exact) mass is 381 g/mol. The Hall–Kier alpha value is -0.460. The highest BCUT2D eigenvalue weighted by Crippen LogP contribution is 2.17. The molecule has 0 radical (unpaired) electrons. The molecule has 3 nitrogen and oxygen atoms in total. The lowest BCUT2D eigenvalue weighted by molar-refractivity contribution is 0.0704. The summed E-state index contributed by atoms with van der Waals surface area (Å²) in [6.07, 6.45) is 0. The SMILES string of the molecule is COCCN(CCBr)C(=O)c1cc(Br)ccc1F. The summed E-state index contributed by atoms with van der Waals surface area (Å²) in [5.41, 5.74) is 0.0708. The molecular weight excluding hydrogens is 369 g/mol. The van der Waals surface area contributed by atoms with E-state index in [9.17, 15) is 9.18 Å². The summed E-state index contributed by atoms with van der Waals surface area (Å²) in [6, 6.07) is 4.34. The quantitative estimate of drug-likeness (QED) is 0.707. The molecule has 0 aliphatic heterocycles. The number of hydrogen-bond acceptors (Lipinski definition) is 2. The van der Waals surface area contributed by atoms with Crippen LogP contribution in [0.25, 0.3) is 0 Å². The van der Waals surface area contributed by atoms with Crippen LogP contribution in [0.4, 0.5) is 4.39 Å². The van der Waals surface area contributed by atoms with Crippen LogP contribution in [0, 0.1) is 5.82 Å². The van der Waals surface area contributed by atoms with Gasteiger partial charge in [-0.25, -0.2) is 4.39 Å². The van der Waals surface area contributed by atoms with Crippen molar-refractivity contribution in [2.75, 3.05) is 32.1 Å². The average molecular weight is 383 g/mol. The number of carbonyl (C=O) groups excluding carboxylic acids is 1. The first-order valence-electron chi connectivity index (χ1n) is 5.39. The fraction of sp³-hybridized carbons (Fsp3) is 0.417. The minimum atomic E-state index is -0.514. The highest BCUT2D eigenvalue weighted by atomic mass is 79.9. The second-order valence-corrected chi connectivity index (χ2v) is 5.31. The molecule has 1 rings (SSSR count). The molecule has 0 spiro atoms. The standard InChI is InChI=1S/C12H14Br2FNO2/c1-18-7-6-16(5-4-13)12(17)10-8-9(14)2-3-11(10)15/h2-3,8H,4-7H2,1H3. The minimum absolute atomic E-state index is 0.0708. The van der Waals surface area contributed by atoms with Gasteiger partial charge >= 0.3 is 0 Å². The van der Waals surface area contributed by atoms with E-state index in [0.717, 1.165) is 0 Å². The van der Waals surface area contributed by atoms with Crippen LogP contribution in [-0.2, 0) is 4.74 Å². The predicted molar refractivity (Wildman–Crippen MR) is 75.7 cm³/mol. The molecule has 0 fully saturated rings. The van der Waals surface area contributed by atoms with Crippen molar-refractivity contribution in [3.8, 4) is 0 Å². The van der Waals surface area contributed by atoms with Crippen LogP contribution in [0.3, 0.4) is 0 Å². The van der Waals surface area contributed by atoms with E-state index >= 15 is 0 Å². The molecule has 0 heterocycles. The maximum absolute atomic E-state index is 13.6. The fourth-order valence-corrected chi connectivity index (χ4v) is 2.24. The van der Waals surface area contributed by atoms with Crippen molar-refractivity contribution in [2.45, 2.75) is 0 Å². The Bertz CT molecular complexity index is 415. The van der Waals surface area contributed by atoms with Gasteiger partial charge in [0, 0.05) is 30.0 Å². The Morgan fingerprint density at radius 2 is 2.17 bits per heavy atom. The maximum atomic E-state index is 13.6. The van der Waals surface area contributed by atoms with Gasteiger partial charge in [0.15, 0.2) is 0 Å². The average Bonchev–Trinajstić information content (AvgIpc) is 2.36. The van der Waals surface area contributed by atoms with Crippen LogP contribution in [-0.4, -0.2) is 42.9 Å². The summed E-state index contributed by atoms with van der Waals surface area (Å²) in [4.78, 5) is 13.8. The zero-order valence-corrected chi connectivity index (χ0v) is 13.1. The van der Waals surface area contributed by atoms with Gasteiger partial charge in [-0.3, -0.25) is 4.79 Å². The zero-order valence-electron chi connectivity index (χ0n) is 9.96. The molecule has 0 aliphatic rings. The highest BCUT2D eigenvalue weighted by Gasteiger charge is 2.18. The molecule has 1 aromatic carbocycles. The summed E-state index contributed by atoms with van der Waals surface area (Å²) in [5, 5.41) is 0.637. The Kier molecular flexibility index (Phi) is 6.81. The van der Waals surface area contributed by atoms with E-state index in [4.69, 9.17) is 4.74 Å². The molecule has 0 bridgehead atoms. The first-order chi connectivity index (χ1) is 8.60. The van der Waals surface area contributed by atoms with Crippen LogP contribution in [0.1, 0.15) is 10.4 Å². The van der Waals surface area contributed by atoms with Crippen molar-refractivity contribution in [1.82, 2.24) is 4.90 Å². The summed E-state index contributed by atoms with van der Waals surface area (Å²) >= 11 is 6.51. The van der Waals surface area contributed by atoms with Crippen LogP contribution in [0.5, 0.6) is 0 Å². The van der Waals surface area contributed by atoms with E-state index in [1.165, 1.54) is 12.1 Å². The van der Waals surface area contributed by atoms with Crippen LogP contribution in [0.15, 0.2) is 22.7 Å². The first kappa shape index (κ1) is 15.6. The Balaban J connectivity index is 2.90. The van der Waals surface area contributed by atoms with Crippen LogP contribution in [0.2, 0.25) is 0 Å². The number of halogens is 3. The molecule has 18 heavy (non-hydrogen) atoms. The fourth-order valence-electron chi connectivity index (χ4n) is 1.45. The first-order valence-corrected chi connectivity index (χ1v) is 7.30. The van der Waals surface area contributed by atoms with Crippen molar-refractivity contribution >= 4 is 37.8 Å². The van der Waals surface area contributed by atoms with Gasteiger partial charge in [-0.15, -0.1) is 0 Å². The van der Waals surface area contributed by atoms with E-state index in [2.05, 4.69) is 31.9 Å². The molecule has 0 atom stereocenters. The molecule has 0 saturated heterocycles. The van der Waals surface area contributed by atoms with Gasteiger partial charge in [-0.1, -0.05) is 31.9 Å². The second kappa shape index (κ2) is 7.86. The summed E-state index contributed by atoms with van der Waals surface area (Å²) in [7, 11) is 1.57. The molecule has 6 heteroatoms. The summed E-state index contributed by atoms with van der Waals surface area (Å²) < 4.78 is 19.3. The third-order valence-corrected chi connectivity index (χ3v) is 3.21. The van der Waals surface area contributed by atoms with Gasteiger partial charge in [0.1, 0.15) is 5.82 Å². The maximum Gasteiger partial charge on any atom is 0.256 e. The number of methoxy groups -OCH3 is 1. The summed E-state index contributed by atoms with van der Waals surface area (Å²) in [6.45, 7) is 1.37. The number of rotatable bonds is 6. The normalized spacial score (nSPS) is 10.4. The minimum Gasteiger partial charge on any atom is -0.383 e. The van der Waals surface area contributed by atoms with Crippen LogP contribution < -0.4 is 0 Å². The van der Waals surface area contributed by atoms with E-state index in [1.807, 2.05) is 0 Å². The van der Waals surface area contributed by atoms with Crippen molar-refractivity contribution in [3.63, 3.8) is 0 Å². The Labute approximate surface area is 123 Å². The van der Waals surface area contributed by atoms with Gasteiger partial charge in [0.2, 0.25) is 0 Å². The number of carbonyl (C=O) groups is 1. The summed E-state index contributed by atoms with van der Waals surface area (Å²) in [5.74, 6) is -0.842. The molecule has 0 saturated carbocycles. The van der Waals surface area contributed by atoms with E-state index in [0.29, 0.717) is 29.5 Å². The molecule has 100 valence electrons. The third-order valence-electron chi connectivity index (χ3n) is 2.37. The van der Waals surface area contributed by atoms with E-state index < -0.39 is 5.82 Å². The van der Waals surface area contributed by atoms with Crippen LogP contribution >= 0.6 is 31.9 Å². The molecule has 0 aliphatic carbocycles. The largest absolute Gasteiger partial charge is 0.383 e. The van der Waals surface area contributed by atoms with Gasteiger partial charge in [0.05, 0.1) is 12.2 Å². The Morgan fingerprint density at radius 3 is 2.78 bits per heavy atom. The second-order valence-electron chi connectivity index (χ2n) is 3.60. The van der Waals surface area contributed by atoms with E-state index in [-0.39, 0.29) is 11.5 Å². The number of alkyl halides is 1. The van der Waals surface area contributed by atoms with Crippen molar-refractivity contribution in [1.29, 1.82) is 0 Å². The zero-order chi connectivity index (χ0) is 13.5. The lowest BCUT2D eigenvalue weighted by atomic mass is 10.2. The molecule has 0 N–H and O–H groups in total. The van der Waals surface area contributed by atoms with Gasteiger partial charge in [0.25, 0.3) is 5.91 Å². The number of ether oxygens (including phenoxy) is 1. The number of amides is 1. The lowest BCUT2D eigenvalue weighted by Crippen LogP contribution is -2.35. The van der Waals surface area contributed by atoms with Crippen molar-refractivity contribution in [2.24, 2.45) is 0 Å². The van der Waals surface area contributed by atoms with Crippen molar-refractivity contribution in [3.05, 3.63) is 34.1 Å². The van der Waals surface area contributed by atoms with Gasteiger partial charge in [-0.2, -0.15) is 0 Å². The van der Waals surface area contributed by atoms with Gasteiger partial charge < -0.3 is 9.64 Å². The predicted octanol–water partition coefficient (Wildman–Crippen LogP) is 3.07. The molecule has 0 aromatic heterocycles. The molecule has 1 amide bonds. The van der Waals surface area contributed by atoms with Crippen molar-refractivity contribution < 1.29 is 13.9 Å². The Morgan fingerprint density at radius 1 is 1.44 bits per heavy atom. The molecule has 1 aromatic rings. The number of benzene rings is 1. The number of hydrogen-bond donors (Lipinski definition) is 0.